The first-order chi connectivity index (χ1) is 17.9. The molecule has 3 saturated heterocycles. The molecule has 1 aromatic carbocycles. The van der Waals surface area contributed by atoms with Gasteiger partial charge < -0.3 is 19.3 Å². The molecule has 0 bridgehead atoms. The van der Waals surface area contributed by atoms with Crippen molar-refractivity contribution in [1.82, 2.24) is 19.8 Å². The molecule has 3 fully saturated rings. The molecular weight excluding hydrogens is 560 g/mol. The molecule has 0 radical (unpaired) electrons. The van der Waals surface area contributed by atoms with E-state index in [4.69, 9.17) is 14.5 Å². The summed E-state index contributed by atoms with van der Waals surface area (Å²) >= 11 is 3.27. The van der Waals surface area contributed by atoms with Gasteiger partial charge in [-0.1, -0.05) is 0 Å². The molecule has 11 heteroatoms. The molecule has 0 N–H and O–H groups in total. The maximum absolute atomic E-state index is 14.6. The van der Waals surface area contributed by atoms with E-state index < -0.39 is 17.6 Å². The number of anilines is 1. The zero-order valence-electron chi connectivity index (χ0n) is 22.6. The third-order valence-electron chi connectivity index (χ3n) is 8.10. The predicted octanol–water partition coefficient (Wildman–Crippen LogP) is 5.32. The maximum Gasteiger partial charge on any atom is 0.410 e. The Morgan fingerprint density at radius 2 is 2.05 bits per heavy atom. The average Bonchev–Trinajstić information content (AvgIpc) is 3.48. The van der Waals surface area contributed by atoms with Crippen LogP contribution < -0.4 is 9.64 Å². The number of fused-ring (bicyclic) bond motifs is 2. The quantitative estimate of drug-likeness (QED) is 0.463. The van der Waals surface area contributed by atoms with Crippen LogP contribution in [0, 0.1) is 5.82 Å². The van der Waals surface area contributed by atoms with Crippen LogP contribution in [0.25, 0.3) is 10.9 Å². The van der Waals surface area contributed by atoms with Gasteiger partial charge in [0.05, 0.1) is 27.6 Å². The van der Waals surface area contributed by atoms with Crippen LogP contribution in [0.15, 0.2) is 16.6 Å². The van der Waals surface area contributed by atoms with Crippen LogP contribution in [0.1, 0.15) is 53.4 Å². The Hall–Kier alpha value is -2.27. The van der Waals surface area contributed by atoms with E-state index in [0.717, 1.165) is 19.4 Å². The van der Waals surface area contributed by atoms with E-state index in [9.17, 15) is 13.6 Å². The molecule has 0 saturated carbocycles. The number of likely N-dealkylation sites (tertiary alicyclic amines) is 1. The zero-order chi connectivity index (χ0) is 27.4. The molecule has 4 atom stereocenters. The van der Waals surface area contributed by atoms with Gasteiger partial charge in [0.1, 0.15) is 30.0 Å². The number of amides is 1. The number of benzene rings is 1. The fourth-order valence-electron chi connectivity index (χ4n) is 6.24. The highest BCUT2D eigenvalue weighted by Crippen LogP contribution is 2.41. The molecule has 1 amide bonds. The summed E-state index contributed by atoms with van der Waals surface area (Å²) in [5.74, 6) is 0.106. The highest BCUT2D eigenvalue weighted by Gasteiger charge is 2.49. The Kier molecular flexibility index (Phi) is 7.21. The highest BCUT2D eigenvalue weighted by molar-refractivity contribution is 9.10. The molecular formula is C27H36BrF2N5O3. The number of ether oxygens (including phenoxy) is 2. The molecule has 8 nitrogen and oxygen atoms in total. The third kappa shape index (κ3) is 5.15. The van der Waals surface area contributed by atoms with Crippen molar-refractivity contribution >= 4 is 38.7 Å². The number of carbonyl (C=O) groups is 1. The SMILES string of the molecule is CC1C(N(C)c2nc(OC[C@@]34CCCN3C[C@H](F)C4)nc3cc(Br)c(F)cc23)CCN1C(=O)OC(C)(C)C. The fourth-order valence-corrected chi connectivity index (χ4v) is 6.58. The normalized spacial score (nSPS) is 27.7. The lowest BCUT2D eigenvalue weighted by Crippen LogP contribution is -2.45. The molecule has 2 aromatic rings. The van der Waals surface area contributed by atoms with Crippen molar-refractivity contribution in [2.45, 2.75) is 82.8 Å². The Labute approximate surface area is 230 Å². The second kappa shape index (κ2) is 10.0. The lowest BCUT2D eigenvalue weighted by molar-refractivity contribution is 0.0233. The van der Waals surface area contributed by atoms with Gasteiger partial charge in [0.2, 0.25) is 0 Å². The van der Waals surface area contributed by atoms with E-state index in [2.05, 4.69) is 25.8 Å². The van der Waals surface area contributed by atoms with E-state index in [0.29, 0.717) is 53.7 Å². The van der Waals surface area contributed by atoms with Gasteiger partial charge in [0.25, 0.3) is 0 Å². The van der Waals surface area contributed by atoms with Crippen LogP contribution in [0.2, 0.25) is 0 Å². The number of rotatable bonds is 5. The van der Waals surface area contributed by atoms with Crippen LogP contribution in [-0.2, 0) is 4.74 Å². The summed E-state index contributed by atoms with van der Waals surface area (Å²) in [5, 5.41) is 0.550. The molecule has 0 spiro atoms. The molecule has 3 aliphatic heterocycles. The van der Waals surface area contributed by atoms with Gasteiger partial charge in [-0.3, -0.25) is 4.90 Å². The Bertz CT molecular complexity index is 1230. The topological polar surface area (TPSA) is 71.0 Å². The molecule has 3 aliphatic rings. The second-order valence-corrected chi connectivity index (χ2v) is 12.7. The van der Waals surface area contributed by atoms with Gasteiger partial charge in [-0.05, 0) is 81.6 Å². The third-order valence-corrected chi connectivity index (χ3v) is 8.71. The lowest BCUT2D eigenvalue weighted by atomic mass is 9.95. The maximum atomic E-state index is 14.6. The van der Waals surface area contributed by atoms with E-state index in [1.165, 1.54) is 6.07 Å². The largest absolute Gasteiger partial charge is 0.461 e. The van der Waals surface area contributed by atoms with Crippen LogP contribution in [-0.4, -0.2) is 88.5 Å². The highest BCUT2D eigenvalue weighted by atomic mass is 79.9. The Morgan fingerprint density at radius 3 is 2.79 bits per heavy atom. The first-order valence-corrected chi connectivity index (χ1v) is 14.1. The summed E-state index contributed by atoms with van der Waals surface area (Å²) in [6, 6.07) is 2.98. The smallest absolute Gasteiger partial charge is 0.410 e. The standard InChI is InChI=1S/C27H36BrF2N5O3/c1-16-22(7-10-35(16)25(36)38-26(2,3)4)33(5)23-18-11-20(30)19(28)12-21(18)31-24(32-23)37-15-27-8-6-9-34(27)14-17(29)13-27/h11-12,16-17,22H,6-10,13-15H2,1-5H3/t16?,17-,22?,27+/m1/s1. The van der Waals surface area contributed by atoms with Crippen molar-refractivity contribution < 1.29 is 23.0 Å². The van der Waals surface area contributed by atoms with Crippen molar-refractivity contribution in [2.24, 2.45) is 0 Å². The van der Waals surface area contributed by atoms with Crippen LogP contribution in [0.5, 0.6) is 6.01 Å². The molecule has 38 heavy (non-hydrogen) atoms. The monoisotopic (exact) mass is 595 g/mol. The number of halogens is 3. The van der Waals surface area contributed by atoms with Crippen LogP contribution in [0.4, 0.5) is 19.4 Å². The van der Waals surface area contributed by atoms with Gasteiger partial charge in [-0.15, -0.1) is 0 Å². The van der Waals surface area contributed by atoms with E-state index in [1.54, 1.807) is 11.0 Å². The molecule has 208 valence electrons. The second-order valence-electron chi connectivity index (χ2n) is 11.9. The number of hydrogen-bond acceptors (Lipinski definition) is 7. The van der Waals surface area contributed by atoms with Gasteiger partial charge in [-0.2, -0.15) is 9.97 Å². The molecule has 0 aliphatic carbocycles. The average molecular weight is 597 g/mol. The summed E-state index contributed by atoms with van der Waals surface area (Å²) in [6.45, 7) is 9.68. The van der Waals surface area contributed by atoms with Crippen molar-refractivity contribution in [3.05, 3.63) is 22.4 Å². The minimum absolute atomic E-state index is 0.0776. The lowest BCUT2D eigenvalue weighted by Gasteiger charge is -2.33. The first-order valence-electron chi connectivity index (χ1n) is 13.3. The summed E-state index contributed by atoms with van der Waals surface area (Å²) in [6.07, 6.45) is 1.84. The van der Waals surface area contributed by atoms with Crippen LogP contribution in [0.3, 0.4) is 0 Å². The van der Waals surface area contributed by atoms with Gasteiger partial charge in [0.15, 0.2) is 0 Å². The van der Waals surface area contributed by atoms with E-state index in [1.807, 2.05) is 39.6 Å². The summed E-state index contributed by atoms with van der Waals surface area (Å²) < 4.78 is 41.0. The number of hydrogen-bond donors (Lipinski definition) is 0. The van der Waals surface area contributed by atoms with Crippen LogP contribution >= 0.6 is 15.9 Å². The predicted molar refractivity (Wildman–Crippen MR) is 145 cm³/mol. The minimum atomic E-state index is -0.853. The van der Waals surface area contributed by atoms with Crippen molar-refractivity contribution in [2.75, 3.05) is 38.2 Å². The summed E-state index contributed by atoms with van der Waals surface area (Å²) in [5.41, 5.74) is -0.382. The molecule has 5 rings (SSSR count). The fraction of sp³-hybridized carbons (Fsp3) is 0.667. The number of carbonyl (C=O) groups excluding carboxylic acids is 1. The Balaban J connectivity index is 1.43. The number of nitrogens with zero attached hydrogens (tertiary/aromatic N) is 5. The Morgan fingerprint density at radius 1 is 1.29 bits per heavy atom. The number of likely N-dealkylation sites (N-methyl/N-ethyl adjacent to an activating group) is 1. The van der Waals surface area contributed by atoms with Gasteiger partial charge >= 0.3 is 12.1 Å². The van der Waals surface area contributed by atoms with Crippen molar-refractivity contribution in [3.8, 4) is 6.01 Å². The first kappa shape index (κ1) is 27.3. The van der Waals surface area contributed by atoms with Gasteiger partial charge in [-0.25, -0.2) is 13.6 Å². The summed E-state index contributed by atoms with van der Waals surface area (Å²) in [7, 11) is 1.90. The molecule has 1 aromatic heterocycles. The number of alkyl halides is 1. The van der Waals surface area contributed by atoms with E-state index in [-0.39, 0.29) is 29.7 Å². The number of aromatic nitrogens is 2. The van der Waals surface area contributed by atoms with E-state index >= 15 is 0 Å². The molecule has 4 heterocycles. The minimum Gasteiger partial charge on any atom is -0.461 e. The van der Waals surface area contributed by atoms with Crippen molar-refractivity contribution in [1.29, 1.82) is 0 Å². The van der Waals surface area contributed by atoms with Gasteiger partial charge in [0, 0.05) is 31.9 Å². The molecule has 2 unspecified atom stereocenters. The zero-order valence-corrected chi connectivity index (χ0v) is 24.2. The summed E-state index contributed by atoms with van der Waals surface area (Å²) in [4.78, 5) is 28.0. The van der Waals surface area contributed by atoms with Crippen molar-refractivity contribution in [3.63, 3.8) is 0 Å².